The second-order valence-electron chi connectivity index (χ2n) is 4.29. The number of hydrogen-bond acceptors (Lipinski definition) is 3. The van der Waals surface area contributed by atoms with Gasteiger partial charge in [-0.05, 0) is 50.6 Å². The number of benzene rings is 1. The quantitative estimate of drug-likeness (QED) is 0.873. The molecule has 0 amide bonds. The van der Waals surface area contributed by atoms with Gasteiger partial charge in [0.05, 0.1) is 5.69 Å². The van der Waals surface area contributed by atoms with E-state index in [-0.39, 0.29) is 0 Å². The van der Waals surface area contributed by atoms with E-state index in [1.807, 2.05) is 11.6 Å². The zero-order valence-corrected chi connectivity index (χ0v) is 10.6. The smallest absolute Gasteiger partial charge is 0.148 e. The minimum Gasteiger partial charge on any atom is -0.330 e. The Morgan fingerprint density at radius 2 is 1.94 bits per heavy atom. The summed E-state index contributed by atoms with van der Waals surface area (Å²) in [7, 11) is 0. The van der Waals surface area contributed by atoms with Crippen LogP contribution in [0.3, 0.4) is 0 Å². The molecule has 0 aliphatic rings. The van der Waals surface area contributed by atoms with Gasteiger partial charge in [-0.3, -0.25) is 0 Å². The third kappa shape index (κ3) is 2.36. The van der Waals surface area contributed by atoms with E-state index in [1.165, 1.54) is 11.1 Å². The van der Waals surface area contributed by atoms with Gasteiger partial charge in [0.2, 0.25) is 0 Å². The van der Waals surface area contributed by atoms with E-state index in [0.717, 1.165) is 23.8 Å². The first-order valence-corrected chi connectivity index (χ1v) is 5.82. The van der Waals surface area contributed by atoms with Crippen molar-refractivity contribution >= 4 is 0 Å². The van der Waals surface area contributed by atoms with Crippen LogP contribution in [0, 0.1) is 20.8 Å². The Bertz CT molecular complexity index is 528. The summed E-state index contributed by atoms with van der Waals surface area (Å²) in [4.78, 5) is 4.40. The molecule has 0 atom stereocenters. The lowest BCUT2D eigenvalue weighted by molar-refractivity contribution is 0.773. The molecule has 0 fully saturated rings. The van der Waals surface area contributed by atoms with Gasteiger partial charge in [-0.2, -0.15) is 5.10 Å². The van der Waals surface area contributed by atoms with Gasteiger partial charge < -0.3 is 5.73 Å². The largest absolute Gasteiger partial charge is 0.330 e. The highest BCUT2D eigenvalue weighted by Gasteiger charge is 2.08. The van der Waals surface area contributed by atoms with E-state index in [4.69, 9.17) is 5.73 Å². The van der Waals surface area contributed by atoms with Crippen molar-refractivity contribution in [1.82, 2.24) is 14.8 Å². The summed E-state index contributed by atoms with van der Waals surface area (Å²) in [6.45, 7) is 6.69. The van der Waals surface area contributed by atoms with Crippen LogP contribution >= 0.6 is 0 Å². The summed E-state index contributed by atoms with van der Waals surface area (Å²) in [5.41, 5.74) is 9.18. The SMILES string of the molecule is Cc1nc(CCN)n(-c2ccc(C)c(C)c2)n1. The maximum Gasteiger partial charge on any atom is 0.148 e. The molecular weight excluding hydrogens is 212 g/mol. The Labute approximate surface area is 101 Å². The molecule has 90 valence electrons. The first kappa shape index (κ1) is 11.8. The summed E-state index contributed by atoms with van der Waals surface area (Å²) >= 11 is 0. The van der Waals surface area contributed by atoms with Crippen LogP contribution in [0.15, 0.2) is 18.2 Å². The standard InChI is InChI=1S/C13H18N4/c1-9-4-5-12(8-10(9)2)17-13(6-7-14)15-11(3)16-17/h4-5,8H,6-7,14H2,1-3H3. The predicted octanol–water partition coefficient (Wildman–Crippen LogP) is 1.69. The molecule has 17 heavy (non-hydrogen) atoms. The van der Waals surface area contributed by atoms with Gasteiger partial charge in [0.25, 0.3) is 0 Å². The van der Waals surface area contributed by atoms with Crippen molar-refractivity contribution in [1.29, 1.82) is 0 Å². The molecule has 4 heteroatoms. The fourth-order valence-corrected chi connectivity index (χ4v) is 1.81. The number of rotatable bonds is 3. The molecule has 0 saturated heterocycles. The molecule has 0 radical (unpaired) electrons. The normalized spacial score (nSPS) is 10.8. The lowest BCUT2D eigenvalue weighted by atomic mass is 10.1. The van der Waals surface area contributed by atoms with Gasteiger partial charge in [-0.1, -0.05) is 6.07 Å². The Morgan fingerprint density at radius 1 is 1.18 bits per heavy atom. The molecule has 2 N–H and O–H groups in total. The highest BCUT2D eigenvalue weighted by Crippen LogP contribution is 2.15. The van der Waals surface area contributed by atoms with Crippen molar-refractivity contribution in [2.45, 2.75) is 27.2 Å². The summed E-state index contributed by atoms with van der Waals surface area (Å²) in [5, 5.41) is 4.42. The monoisotopic (exact) mass is 230 g/mol. The van der Waals surface area contributed by atoms with Crippen LogP contribution in [0.1, 0.15) is 22.8 Å². The van der Waals surface area contributed by atoms with Crippen molar-refractivity contribution in [2.24, 2.45) is 5.73 Å². The van der Waals surface area contributed by atoms with E-state index in [0.29, 0.717) is 6.54 Å². The first-order valence-electron chi connectivity index (χ1n) is 5.82. The fraction of sp³-hybridized carbons (Fsp3) is 0.385. The highest BCUT2D eigenvalue weighted by molar-refractivity contribution is 5.39. The Hall–Kier alpha value is -1.68. The number of nitrogens with zero attached hydrogens (tertiary/aromatic N) is 3. The van der Waals surface area contributed by atoms with E-state index < -0.39 is 0 Å². The zero-order chi connectivity index (χ0) is 12.4. The van der Waals surface area contributed by atoms with E-state index in [2.05, 4.69) is 42.1 Å². The minimum atomic E-state index is 0.586. The second kappa shape index (κ2) is 4.67. The van der Waals surface area contributed by atoms with Crippen LogP contribution in [-0.4, -0.2) is 21.3 Å². The summed E-state index contributed by atoms with van der Waals surface area (Å²) < 4.78 is 1.88. The van der Waals surface area contributed by atoms with Gasteiger partial charge in [-0.15, -0.1) is 0 Å². The molecule has 4 nitrogen and oxygen atoms in total. The molecule has 0 spiro atoms. The number of nitrogens with two attached hydrogens (primary N) is 1. The summed E-state index contributed by atoms with van der Waals surface area (Å²) in [6.07, 6.45) is 0.744. The van der Waals surface area contributed by atoms with Crippen molar-refractivity contribution in [3.8, 4) is 5.69 Å². The molecular formula is C13H18N4. The molecule has 2 rings (SSSR count). The van der Waals surface area contributed by atoms with E-state index >= 15 is 0 Å². The van der Waals surface area contributed by atoms with Crippen molar-refractivity contribution in [3.05, 3.63) is 41.0 Å². The van der Waals surface area contributed by atoms with E-state index in [1.54, 1.807) is 0 Å². The molecule has 2 aromatic rings. The predicted molar refractivity (Wildman–Crippen MR) is 68.3 cm³/mol. The summed E-state index contributed by atoms with van der Waals surface area (Å²) in [6, 6.07) is 6.30. The molecule has 0 aliphatic heterocycles. The van der Waals surface area contributed by atoms with Crippen molar-refractivity contribution in [3.63, 3.8) is 0 Å². The molecule has 0 saturated carbocycles. The fourth-order valence-electron chi connectivity index (χ4n) is 1.81. The molecule has 1 heterocycles. The lowest BCUT2D eigenvalue weighted by Crippen LogP contribution is -2.10. The van der Waals surface area contributed by atoms with Gasteiger partial charge >= 0.3 is 0 Å². The minimum absolute atomic E-state index is 0.586. The van der Waals surface area contributed by atoms with Gasteiger partial charge in [-0.25, -0.2) is 9.67 Å². The molecule has 0 bridgehead atoms. The van der Waals surface area contributed by atoms with Crippen LogP contribution in [0.5, 0.6) is 0 Å². The van der Waals surface area contributed by atoms with Crippen LogP contribution < -0.4 is 5.73 Å². The Kier molecular flexibility index (Phi) is 3.24. The number of hydrogen-bond donors (Lipinski definition) is 1. The Balaban J connectivity index is 2.47. The van der Waals surface area contributed by atoms with Gasteiger partial charge in [0.1, 0.15) is 11.6 Å². The zero-order valence-electron chi connectivity index (χ0n) is 10.6. The van der Waals surface area contributed by atoms with Crippen LogP contribution in [0.4, 0.5) is 0 Å². The maximum atomic E-state index is 5.59. The average Bonchev–Trinajstić information content (AvgIpc) is 2.64. The number of aryl methyl sites for hydroxylation is 3. The molecule has 0 unspecified atom stereocenters. The van der Waals surface area contributed by atoms with E-state index in [9.17, 15) is 0 Å². The van der Waals surface area contributed by atoms with Crippen LogP contribution in [0.25, 0.3) is 5.69 Å². The van der Waals surface area contributed by atoms with Gasteiger partial charge in [0, 0.05) is 6.42 Å². The highest BCUT2D eigenvalue weighted by atomic mass is 15.3. The van der Waals surface area contributed by atoms with Crippen LogP contribution in [0.2, 0.25) is 0 Å². The topological polar surface area (TPSA) is 56.7 Å². The summed E-state index contributed by atoms with van der Waals surface area (Å²) in [5.74, 6) is 1.71. The lowest BCUT2D eigenvalue weighted by Gasteiger charge is -2.07. The Morgan fingerprint density at radius 3 is 2.59 bits per heavy atom. The average molecular weight is 230 g/mol. The van der Waals surface area contributed by atoms with Crippen molar-refractivity contribution < 1.29 is 0 Å². The number of aromatic nitrogens is 3. The van der Waals surface area contributed by atoms with Crippen LogP contribution in [-0.2, 0) is 6.42 Å². The van der Waals surface area contributed by atoms with Gasteiger partial charge in [0.15, 0.2) is 0 Å². The third-order valence-corrected chi connectivity index (χ3v) is 2.88. The maximum absolute atomic E-state index is 5.59. The van der Waals surface area contributed by atoms with Crippen molar-refractivity contribution in [2.75, 3.05) is 6.54 Å². The second-order valence-corrected chi connectivity index (χ2v) is 4.29. The molecule has 0 aliphatic carbocycles. The molecule has 1 aromatic carbocycles. The third-order valence-electron chi connectivity index (χ3n) is 2.88. The first-order chi connectivity index (χ1) is 8.11. The molecule has 1 aromatic heterocycles.